The van der Waals surface area contributed by atoms with E-state index < -0.39 is 21.6 Å². The van der Waals surface area contributed by atoms with Gasteiger partial charge in [0, 0.05) is 6.26 Å². The molecule has 3 aromatic carbocycles. The van der Waals surface area contributed by atoms with E-state index >= 15 is 0 Å². The van der Waals surface area contributed by atoms with Crippen molar-refractivity contribution in [2.75, 3.05) is 6.26 Å². The normalized spacial score (nSPS) is 12.1. The van der Waals surface area contributed by atoms with Crippen LogP contribution >= 0.6 is 0 Å². The molecule has 0 aliphatic rings. The zero-order valence-electron chi connectivity index (χ0n) is 14.5. The fourth-order valence-electron chi connectivity index (χ4n) is 2.87. The summed E-state index contributed by atoms with van der Waals surface area (Å²) < 4.78 is 61.3. The lowest BCUT2D eigenvalue weighted by atomic mass is 9.94. The topological polar surface area (TPSA) is 34.1 Å². The Hall–Kier alpha value is -2.60. The van der Waals surface area contributed by atoms with Gasteiger partial charge in [0.05, 0.1) is 10.5 Å². The van der Waals surface area contributed by atoms with Crippen LogP contribution in [0.5, 0.6) is 0 Å². The standard InChI is InChI=1S/C21H17F3O2S/c1-27(25,26)19-12-8-16(9-13-19)20-5-3-2-4-17(20)14-15-6-10-18(11-7-15)21(22,23)24/h2-13H,14H2,1H3. The molecule has 0 unspecified atom stereocenters. The summed E-state index contributed by atoms with van der Waals surface area (Å²) in [5.41, 5.74) is 2.81. The van der Waals surface area contributed by atoms with E-state index in [0.29, 0.717) is 6.42 Å². The Morgan fingerprint density at radius 3 is 1.96 bits per heavy atom. The van der Waals surface area contributed by atoms with Gasteiger partial charge in [-0.05, 0) is 52.9 Å². The van der Waals surface area contributed by atoms with Gasteiger partial charge in [-0.15, -0.1) is 0 Å². The fraction of sp³-hybridized carbons (Fsp3) is 0.143. The lowest BCUT2D eigenvalue weighted by molar-refractivity contribution is -0.137. The number of halogens is 3. The maximum Gasteiger partial charge on any atom is 0.416 e. The van der Waals surface area contributed by atoms with E-state index in [4.69, 9.17) is 0 Å². The van der Waals surface area contributed by atoms with E-state index in [1.54, 1.807) is 24.3 Å². The Balaban J connectivity index is 1.90. The minimum atomic E-state index is -4.35. The predicted molar refractivity (Wildman–Crippen MR) is 99.2 cm³/mol. The first kappa shape index (κ1) is 19.2. The molecule has 0 spiro atoms. The zero-order chi connectivity index (χ0) is 19.7. The van der Waals surface area contributed by atoms with Crippen LogP contribution in [0, 0.1) is 0 Å². The molecule has 3 aromatic rings. The molecule has 0 radical (unpaired) electrons. The highest BCUT2D eigenvalue weighted by Crippen LogP contribution is 2.30. The van der Waals surface area contributed by atoms with Crippen molar-refractivity contribution in [3.05, 3.63) is 89.5 Å². The van der Waals surface area contributed by atoms with Gasteiger partial charge in [-0.2, -0.15) is 13.2 Å². The number of rotatable bonds is 4. The van der Waals surface area contributed by atoms with Gasteiger partial charge < -0.3 is 0 Å². The second-order valence-corrected chi connectivity index (χ2v) is 8.34. The SMILES string of the molecule is CS(=O)(=O)c1ccc(-c2ccccc2Cc2ccc(C(F)(F)F)cc2)cc1. The van der Waals surface area contributed by atoms with Crippen LogP contribution in [0.4, 0.5) is 13.2 Å². The molecule has 0 atom stereocenters. The Morgan fingerprint density at radius 1 is 0.815 bits per heavy atom. The van der Waals surface area contributed by atoms with Gasteiger partial charge in [0.1, 0.15) is 0 Å². The van der Waals surface area contributed by atoms with Crippen molar-refractivity contribution >= 4 is 9.84 Å². The number of hydrogen-bond acceptors (Lipinski definition) is 2. The molecule has 140 valence electrons. The van der Waals surface area contributed by atoms with E-state index in [1.807, 2.05) is 24.3 Å². The van der Waals surface area contributed by atoms with E-state index in [0.717, 1.165) is 40.6 Å². The van der Waals surface area contributed by atoms with E-state index in [2.05, 4.69) is 0 Å². The Morgan fingerprint density at radius 2 is 1.41 bits per heavy atom. The number of benzene rings is 3. The monoisotopic (exact) mass is 390 g/mol. The number of hydrogen-bond donors (Lipinski definition) is 0. The first-order chi connectivity index (χ1) is 12.6. The van der Waals surface area contributed by atoms with Crippen LogP contribution < -0.4 is 0 Å². The molecule has 0 aliphatic heterocycles. The van der Waals surface area contributed by atoms with Crippen LogP contribution in [0.1, 0.15) is 16.7 Å². The van der Waals surface area contributed by atoms with Gasteiger partial charge in [0.2, 0.25) is 0 Å². The molecule has 2 nitrogen and oxygen atoms in total. The smallest absolute Gasteiger partial charge is 0.224 e. The number of alkyl halides is 3. The van der Waals surface area contributed by atoms with Crippen molar-refractivity contribution in [1.82, 2.24) is 0 Å². The molecule has 0 saturated carbocycles. The van der Waals surface area contributed by atoms with Crippen molar-refractivity contribution in [2.45, 2.75) is 17.5 Å². The summed E-state index contributed by atoms with van der Waals surface area (Å²) in [6.45, 7) is 0. The van der Waals surface area contributed by atoms with Gasteiger partial charge in [0.15, 0.2) is 9.84 Å². The fourth-order valence-corrected chi connectivity index (χ4v) is 3.50. The molecular weight excluding hydrogens is 373 g/mol. The summed E-state index contributed by atoms with van der Waals surface area (Å²) in [5.74, 6) is 0. The average molecular weight is 390 g/mol. The van der Waals surface area contributed by atoms with Crippen molar-refractivity contribution in [1.29, 1.82) is 0 Å². The highest BCUT2D eigenvalue weighted by atomic mass is 32.2. The summed E-state index contributed by atoms with van der Waals surface area (Å²) >= 11 is 0. The second-order valence-electron chi connectivity index (χ2n) is 6.33. The van der Waals surface area contributed by atoms with Crippen LogP contribution in [0.3, 0.4) is 0 Å². The van der Waals surface area contributed by atoms with Gasteiger partial charge in [-0.3, -0.25) is 0 Å². The minimum absolute atomic E-state index is 0.242. The van der Waals surface area contributed by atoms with E-state index in [-0.39, 0.29) is 4.90 Å². The maximum absolute atomic E-state index is 12.7. The highest BCUT2D eigenvalue weighted by molar-refractivity contribution is 7.90. The molecule has 0 bridgehead atoms. The van der Waals surface area contributed by atoms with Gasteiger partial charge in [-0.1, -0.05) is 48.5 Å². The second kappa shape index (κ2) is 7.19. The third-order valence-corrected chi connectivity index (χ3v) is 5.42. The molecule has 3 rings (SSSR count). The summed E-state index contributed by atoms with van der Waals surface area (Å²) in [6.07, 6.45) is -2.72. The molecule has 0 aromatic heterocycles. The van der Waals surface area contributed by atoms with Gasteiger partial charge in [-0.25, -0.2) is 8.42 Å². The van der Waals surface area contributed by atoms with Crippen LogP contribution in [-0.2, 0) is 22.4 Å². The summed E-state index contributed by atoms with van der Waals surface area (Å²) in [4.78, 5) is 0.242. The molecule has 6 heteroatoms. The van der Waals surface area contributed by atoms with E-state index in [1.165, 1.54) is 12.1 Å². The first-order valence-electron chi connectivity index (χ1n) is 8.19. The first-order valence-corrected chi connectivity index (χ1v) is 10.1. The summed E-state index contributed by atoms with van der Waals surface area (Å²) in [6, 6.07) is 19.3. The molecule has 0 N–H and O–H groups in total. The van der Waals surface area contributed by atoms with Crippen LogP contribution in [-0.4, -0.2) is 14.7 Å². The zero-order valence-corrected chi connectivity index (χ0v) is 15.3. The third kappa shape index (κ3) is 4.57. The molecule has 0 fully saturated rings. The van der Waals surface area contributed by atoms with Crippen molar-refractivity contribution in [2.24, 2.45) is 0 Å². The highest BCUT2D eigenvalue weighted by Gasteiger charge is 2.29. The average Bonchev–Trinajstić information content (AvgIpc) is 2.61. The Labute approximate surface area is 156 Å². The molecule has 0 amide bonds. The van der Waals surface area contributed by atoms with Crippen LogP contribution in [0.2, 0.25) is 0 Å². The van der Waals surface area contributed by atoms with Gasteiger partial charge in [0.25, 0.3) is 0 Å². The van der Waals surface area contributed by atoms with Crippen molar-refractivity contribution < 1.29 is 21.6 Å². The lowest BCUT2D eigenvalue weighted by Gasteiger charge is -2.12. The van der Waals surface area contributed by atoms with Crippen LogP contribution in [0.25, 0.3) is 11.1 Å². The van der Waals surface area contributed by atoms with E-state index in [9.17, 15) is 21.6 Å². The Kier molecular flexibility index (Phi) is 5.11. The van der Waals surface area contributed by atoms with Crippen molar-refractivity contribution in [3.63, 3.8) is 0 Å². The summed E-state index contributed by atoms with van der Waals surface area (Å²) in [5, 5.41) is 0. The Bertz CT molecular complexity index is 1040. The molecule has 27 heavy (non-hydrogen) atoms. The predicted octanol–water partition coefficient (Wildman–Crippen LogP) is 5.37. The number of sulfone groups is 1. The molecular formula is C21H17F3O2S. The molecule has 0 aliphatic carbocycles. The van der Waals surface area contributed by atoms with Gasteiger partial charge >= 0.3 is 6.18 Å². The molecule has 0 saturated heterocycles. The quantitative estimate of drug-likeness (QED) is 0.600. The van der Waals surface area contributed by atoms with Crippen molar-refractivity contribution in [3.8, 4) is 11.1 Å². The maximum atomic E-state index is 12.7. The third-order valence-electron chi connectivity index (χ3n) is 4.29. The minimum Gasteiger partial charge on any atom is -0.224 e. The lowest BCUT2D eigenvalue weighted by Crippen LogP contribution is -2.04. The largest absolute Gasteiger partial charge is 0.416 e. The summed E-state index contributed by atoms with van der Waals surface area (Å²) in [7, 11) is -3.27. The molecule has 0 heterocycles. The van der Waals surface area contributed by atoms with Crippen LogP contribution in [0.15, 0.2) is 77.7 Å².